The van der Waals surface area contributed by atoms with Crippen LogP contribution in [0.1, 0.15) is 29.0 Å². The molecule has 13 heteroatoms. The van der Waals surface area contributed by atoms with E-state index in [1.165, 1.54) is 6.07 Å². The lowest BCUT2D eigenvalue weighted by atomic mass is 10.2. The Morgan fingerprint density at radius 2 is 2.03 bits per heavy atom. The topological polar surface area (TPSA) is 104 Å². The fourth-order valence-corrected chi connectivity index (χ4v) is 3.28. The molecule has 0 bridgehead atoms. The van der Waals surface area contributed by atoms with Crippen molar-refractivity contribution in [2.75, 3.05) is 24.2 Å². The molecule has 0 saturated heterocycles. The molecule has 0 aliphatic carbocycles. The van der Waals surface area contributed by atoms with Crippen LogP contribution >= 0.6 is 0 Å². The van der Waals surface area contributed by atoms with E-state index >= 15 is 0 Å². The Kier molecular flexibility index (Phi) is 6.14. The Labute approximate surface area is 185 Å². The van der Waals surface area contributed by atoms with Crippen LogP contribution in [0.4, 0.5) is 29.1 Å². The lowest BCUT2D eigenvalue weighted by Gasteiger charge is -2.23. The summed E-state index contributed by atoms with van der Waals surface area (Å²) in [6.07, 6.45) is -3.27. The van der Waals surface area contributed by atoms with Gasteiger partial charge in [-0.1, -0.05) is 5.16 Å². The van der Waals surface area contributed by atoms with Gasteiger partial charge in [0, 0.05) is 38.8 Å². The molecule has 0 radical (unpaired) electrons. The molecule has 0 fully saturated rings. The third-order valence-corrected chi connectivity index (χ3v) is 4.81. The lowest BCUT2D eigenvalue weighted by molar-refractivity contribution is -0.139. The highest BCUT2D eigenvalue weighted by Crippen LogP contribution is 2.33. The van der Waals surface area contributed by atoms with Crippen molar-refractivity contribution in [3.8, 4) is 0 Å². The van der Waals surface area contributed by atoms with Crippen LogP contribution < -0.4 is 16.1 Å². The van der Waals surface area contributed by atoms with Crippen molar-refractivity contribution in [1.82, 2.24) is 25.6 Å². The first-order valence-electron chi connectivity index (χ1n) is 9.90. The first kappa shape index (κ1) is 22.5. The average molecular weight is 464 g/mol. The molecule has 1 atom stereocenters. The molecule has 3 aromatic rings. The maximum Gasteiger partial charge on any atom is 0.419 e. The van der Waals surface area contributed by atoms with E-state index in [0.29, 0.717) is 36.6 Å². The highest BCUT2D eigenvalue weighted by Gasteiger charge is 2.35. The van der Waals surface area contributed by atoms with Gasteiger partial charge in [0.2, 0.25) is 11.9 Å². The maximum absolute atomic E-state index is 13.6. The molecule has 0 saturated carbocycles. The molecular formula is C20H20F4N8O. The number of alkyl halides is 3. The van der Waals surface area contributed by atoms with Crippen molar-refractivity contribution in [2.24, 2.45) is 4.99 Å². The number of benzene rings is 1. The van der Waals surface area contributed by atoms with Gasteiger partial charge in [0.15, 0.2) is 5.82 Å². The third kappa shape index (κ3) is 5.19. The zero-order valence-electron chi connectivity index (χ0n) is 17.6. The predicted molar refractivity (Wildman–Crippen MR) is 112 cm³/mol. The number of aryl methyl sites for hydroxylation is 1. The van der Waals surface area contributed by atoms with E-state index in [-0.39, 0.29) is 11.6 Å². The fourth-order valence-electron chi connectivity index (χ4n) is 3.28. The van der Waals surface area contributed by atoms with Crippen LogP contribution in [0.5, 0.6) is 0 Å². The van der Waals surface area contributed by atoms with Gasteiger partial charge >= 0.3 is 6.18 Å². The second kappa shape index (κ2) is 9.02. The SMILES string of the molecule is CNc1cc(C2N=C(Nc3ccc(F)c(C(F)(F)F)c3)NN2CCc2noc(C)n2)ccn1. The second-order valence-electron chi connectivity index (χ2n) is 7.18. The van der Waals surface area contributed by atoms with Gasteiger partial charge in [0.05, 0.1) is 5.56 Å². The summed E-state index contributed by atoms with van der Waals surface area (Å²) >= 11 is 0. The quantitative estimate of drug-likeness (QED) is 0.477. The number of aliphatic imine (C=N–C) groups is 1. The summed E-state index contributed by atoms with van der Waals surface area (Å²) in [5.41, 5.74) is 2.51. The van der Waals surface area contributed by atoms with E-state index in [2.05, 4.69) is 36.2 Å². The number of anilines is 2. The molecule has 33 heavy (non-hydrogen) atoms. The molecular weight excluding hydrogens is 444 g/mol. The number of pyridine rings is 1. The van der Waals surface area contributed by atoms with Gasteiger partial charge in [-0.15, -0.1) is 0 Å². The fraction of sp³-hybridized carbons (Fsp3) is 0.300. The van der Waals surface area contributed by atoms with Crippen LogP contribution in [0, 0.1) is 12.7 Å². The van der Waals surface area contributed by atoms with Crippen LogP contribution in [0.15, 0.2) is 46.0 Å². The van der Waals surface area contributed by atoms with E-state index in [4.69, 9.17) is 4.52 Å². The molecule has 0 spiro atoms. The number of aromatic nitrogens is 3. The molecule has 1 unspecified atom stereocenters. The van der Waals surface area contributed by atoms with Crippen molar-refractivity contribution in [3.63, 3.8) is 0 Å². The van der Waals surface area contributed by atoms with Crippen molar-refractivity contribution >= 4 is 17.5 Å². The minimum Gasteiger partial charge on any atom is -0.373 e. The van der Waals surface area contributed by atoms with Gasteiger partial charge in [-0.05, 0) is 35.9 Å². The van der Waals surface area contributed by atoms with E-state index < -0.39 is 23.7 Å². The molecule has 1 aromatic carbocycles. The van der Waals surface area contributed by atoms with Crippen LogP contribution in [-0.4, -0.2) is 39.7 Å². The Hall–Kier alpha value is -3.74. The number of halogens is 4. The Bertz CT molecular complexity index is 1160. The molecule has 2 aromatic heterocycles. The summed E-state index contributed by atoms with van der Waals surface area (Å²) in [4.78, 5) is 12.9. The van der Waals surface area contributed by atoms with E-state index in [1.807, 2.05) is 6.07 Å². The Balaban J connectivity index is 1.57. The Morgan fingerprint density at radius 1 is 1.21 bits per heavy atom. The molecule has 4 rings (SSSR count). The van der Waals surface area contributed by atoms with E-state index in [0.717, 1.165) is 11.6 Å². The number of nitrogens with zero attached hydrogens (tertiary/aromatic N) is 5. The van der Waals surface area contributed by atoms with Crippen molar-refractivity contribution in [2.45, 2.75) is 25.7 Å². The zero-order valence-corrected chi connectivity index (χ0v) is 17.6. The number of nitrogens with one attached hydrogen (secondary N) is 3. The average Bonchev–Trinajstić information content (AvgIpc) is 3.38. The van der Waals surface area contributed by atoms with Gasteiger partial charge < -0.3 is 15.2 Å². The van der Waals surface area contributed by atoms with Gasteiger partial charge in [0.25, 0.3) is 0 Å². The Morgan fingerprint density at radius 3 is 2.73 bits per heavy atom. The molecule has 3 heterocycles. The van der Waals surface area contributed by atoms with Crippen LogP contribution in [0.2, 0.25) is 0 Å². The summed E-state index contributed by atoms with van der Waals surface area (Å²) in [6.45, 7) is 2.10. The lowest BCUT2D eigenvalue weighted by Crippen LogP contribution is -2.41. The predicted octanol–water partition coefficient (Wildman–Crippen LogP) is 3.50. The summed E-state index contributed by atoms with van der Waals surface area (Å²) in [5.74, 6) is 0.436. The highest BCUT2D eigenvalue weighted by atomic mass is 19.4. The zero-order chi connectivity index (χ0) is 23.6. The van der Waals surface area contributed by atoms with Gasteiger partial charge in [0.1, 0.15) is 17.8 Å². The minimum absolute atomic E-state index is 0.0370. The van der Waals surface area contributed by atoms with Crippen molar-refractivity contribution < 1.29 is 22.1 Å². The molecule has 174 valence electrons. The first-order valence-corrected chi connectivity index (χ1v) is 9.90. The van der Waals surface area contributed by atoms with Crippen LogP contribution in [0.25, 0.3) is 0 Å². The number of guanidine groups is 1. The largest absolute Gasteiger partial charge is 0.419 e. The molecule has 9 nitrogen and oxygen atoms in total. The highest BCUT2D eigenvalue weighted by molar-refractivity contribution is 5.94. The van der Waals surface area contributed by atoms with E-state index in [1.54, 1.807) is 31.2 Å². The van der Waals surface area contributed by atoms with Gasteiger partial charge in [-0.2, -0.15) is 23.2 Å². The molecule has 1 aliphatic heterocycles. The number of hydrazine groups is 1. The van der Waals surface area contributed by atoms with Crippen LogP contribution in [-0.2, 0) is 12.6 Å². The number of rotatable bonds is 6. The summed E-state index contributed by atoms with van der Waals surface area (Å²) < 4.78 is 57.8. The van der Waals surface area contributed by atoms with E-state index in [9.17, 15) is 17.6 Å². The molecule has 3 N–H and O–H groups in total. The number of hydrogen-bond acceptors (Lipinski definition) is 9. The van der Waals surface area contributed by atoms with Gasteiger partial charge in [-0.3, -0.25) is 5.43 Å². The standard InChI is InChI=1S/C20H20F4N8O/c1-11-27-16(31-33-11)6-8-32-18(12-5-7-26-17(9-12)25-2)29-19(30-32)28-13-3-4-15(21)14(10-13)20(22,23)24/h3-5,7,9-10,18H,6,8H2,1-2H3,(H,25,26)(H2,28,29,30). The van der Waals surface area contributed by atoms with Crippen molar-refractivity contribution in [1.29, 1.82) is 0 Å². The van der Waals surface area contributed by atoms with Gasteiger partial charge in [-0.25, -0.2) is 14.4 Å². The number of hydrogen-bond donors (Lipinski definition) is 3. The maximum atomic E-state index is 13.6. The normalized spacial score (nSPS) is 16.4. The minimum atomic E-state index is -4.81. The smallest absolute Gasteiger partial charge is 0.373 e. The first-order chi connectivity index (χ1) is 15.7. The molecule has 0 amide bonds. The second-order valence-corrected chi connectivity index (χ2v) is 7.18. The van der Waals surface area contributed by atoms with Crippen LogP contribution in [0.3, 0.4) is 0 Å². The summed E-state index contributed by atoms with van der Waals surface area (Å²) in [7, 11) is 1.73. The summed E-state index contributed by atoms with van der Waals surface area (Å²) in [5, 5.41) is 11.4. The summed E-state index contributed by atoms with van der Waals surface area (Å²) in [6, 6.07) is 6.26. The van der Waals surface area contributed by atoms with Crippen molar-refractivity contribution in [3.05, 3.63) is 65.2 Å². The molecule has 1 aliphatic rings. The monoisotopic (exact) mass is 464 g/mol. The third-order valence-electron chi connectivity index (χ3n) is 4.81.